The number of fused-ring (bicyclic) bond motifs is 1. The molecule has 14 nitrogen and oxygen atoms in total. The van der Waals surface area contributed by atoms with Gasteiger partial charge in [0.15, 0.2) is 0 Å². The van der Waals surface area contributed by atoms with E-state index in [0.717, 1.165) is 37.1 Å². The van der Waals surface area contributed by atoms with Crippen LogP contribution in [0.3, 0.4) is 0 Å². The summed E-state index contributed by atoms with van der Waals surface area (Å²) in [7, 11) is 0. The number of rotatable bonds is 10. The maximum absolute atomic E-state index is 13.4. The smallest absolute Gasteiger partial charge is 0.255 e. The van der Waals surface area contributed by atoms with Crippen molar-refractivity contribution in [2.24, 2.45) is 5.92 Å². The van der Waals surface area contributed by atoms with Gasteiger partial charge in [-0.15, -0.1) is 0 Å². The van der Waals surface area contributed by atoms with Gasteiger partial charge < -0.3 is 20.4 Å². The van der Waals surface area contributed by atoms with Gasteiger partial charge in [0.1, 0.15) is 6.04 Å². The number of benzene rings is 2. The van der Waals surface area contributed by atoms with Crippen molar-refractivity contribution in [3.05, 3.63) is 94.4 Å². The predicted molar refractivity (Wildman–Crippen MR) is 221 cm³/mol. The third-order valence-corrected chi connectivity index (χ3v) is 12.7. The topological polar surface area (TPSA) is 170 Å². The van der Waals surface area contributed by atoms with Crippen LogP contribution >= 0.6 is 11.6 Å². The molecule has 1 unspecified atom stereocenters. The second-order valence-electron chi connectivity index (χ2n) is 16.4. The van der Waals surface area contributed by atoms with Crippen molar-refractivity contribution in [1.82, 2.24) is 35.0 Å². The van der Waals surface area contributed by atoms with Crippen LogP contribution in [0.15, 0.2) is 67.1 Å². The number of likely N-dealkylation sites (tertiary alicyclic amines) is 2. The molecule has 4 aliphatic heterocycles. The number of piperidine rings is 3. The highest BCUT2D eigenvalue weighted by Gasteiger charge is 2.39. The number of halogens is 1. The van der Waals surface area contributed by atoms with Crippen LogP contribution < -0.4 is 16.0 Å². The Morgan fingerprint density at radius 2 is 1.59 bits per heavy atom. The minimum absolute atomic E-state index is 0.0815. The number of hydrogen-bond donors (Lipinski definition) is 3. The lowest BCUT2D eigenvalue weighted by Gasteiger charge is -2.35. The fourth-order valence-electron chi connectivity index (χ4n) is 8.89. The highest BCUT2D eigenvalue weighted by atomic mass is 35.5. The molecule has 0 bridgehead atoms. The standard InChI is InChI=1S/C44H46ClN9O5/c45-36-23-47-44(51-40(36)31-3-1-2-29(18-31)26-4-5-26)49-34-20-33(21-46-22-34)48-41(57)28-12-16-53(17-13-28)39(56)25-52-14-10-27(11-15-52)30-6-7-35-32(19-30)24-54(43(35)59)37-8-9-38(55)50-42(37)58/h1-3,6-7,18-23,26-28,37H,4-5,8-17,24-25H2,(H,48,57)(H,47,49,51)(H,50,55,58). The molecule has 1 aliphatic carbocycles. The van der Waals surface area contributed by atoms with Crippen LogP contribution in [0, 0.1) is 5.92 Å². The molecule has 2 aromatic heterocycles. The van der Waals surface area contributed by atoms with Crippen molar-refractivity contribution in [2.45, 2.75) is 75.8 Å². The lowest BCUT2D eigenvalue weighted by molar-refractivity contribution is -0.137. The van der Waals surface area contributed by atoms with Crippen LogP contribution in [0.5, 0.6) is 0 Å². The average Bonchev–Trinajstić information content (AvgIpc) is 4.05. The molecule has 9 rings (SSSR count). The summed E-state index contributed by atoms with van der Waals surface area (Å²) in [5.74, 6) is 0.176. The predicted octanol–water partition coefficient (Wildman–Crippen LogP) is 5.63. The van der Waals surface area contributed by atoms with E-state index in [-0.39, 0.29) is 36.0 Å². The Morgan fingerprint density at radius 3 is 2.37 bits per heavy atom. The summed E-state index contributed by atoms with van der Waals surface area (Å²) in [5.41, 5.74) is 6.75. The molecular formula is C44H46ClN9O5. The summed E-state index contributed by atoms with van der Waals surface area (Å²) in [4.78, 5) is 82.9. The Kier molecular flexibility index (Phi) is 10.8. The first kappa shape index (κ1) is 38.8. The molecule has 0 radical (unpaired) electrons. The molecule has 1 saturated carbocycles. The van der Waals surface area contributed by atoms with Crippen LogP contribution in [-0.2, 0) is 25.7 Å². The number of pyridine rings is 1. The normalized spacial score (nSPS) is 20.4. The fourth-order valence-corrected chi connectivity index (χ4v) is 9.09. The number of imide groups is 1. The number of anilines is 3. The van der Waals surface area contributed by atoms with Crippen molar-refractivity contribution in [3.8, 4) is 11.3 Å². The second-order valence-corrected chi connectivity index (χ2v) is 16.8. The van der Waals surface area contributed by atoms with Crippen LogP contribution in [0.1, 0.15) is 90.3 Å². The molecule has 2 aromatic carbocycles. The Balaban J connectivity index is 0.726. The third-order valence-electron chi connectivity index (χ3n) is 12.4. The zero-order valence-corrected chi connectivity index (χ0v) is 33.4. The monoisotopic (exact) mass is 815 g/mol. The molecule has 4 aromatic rings. The van der Waals surface area contributed by atoms with Gasteiger partial charge >= 0.3 is 0 Å². The van der Waals surface area contributed by atoms with Gasteiger partial charge in [0.05, 0.1) is 47.2 Å². The number of amides is 5. The van der Waals surface area contributed by atoms with Crippen LogP contribution in [0.2, 0.25) is 5.02 Å². The van der Waals surface area contributed by atoms with Gasteiger partial charge in [0.25, 0.3) is 5.91 Å². The van der Waals surface area contributed by atoms with Gasteiger partial charge in [-0.2, -0.15) is 0 Å². The van der Waals surface area contributed by atoms with Gasteiger partial charge in [-0.3, -0.25) is 39.2 Å². The molecule has 3 N–H and O–H groups in total. The SMILES string of the molecule is O=C1CCC(N2Cc3cc(C4CCN(CC(=O)N5CCC(C(=O)Nc6cncc(Nc7ncc(Cl)c(-c8cccc(C9CC9)c8)n7)c6)CC5)CC4)ccc3C2=O)C(=O)N1. The van der Waals surface area contributed by atoms with Crippen molar-refractivity contribution >= 4 is 58.5 Å². The summed E-state index contributed by atoms with van der Waals surface area (Å²) in [5, 5.41) is 9.03. The molecule has 15 heteroatoms. The largest absolute Gasteiger partial charge is 0.342 e. The number of carbonyl (C=O) groups excluding carboxylic acids is 5. The van der Waals surface area contributed by atoms with E-state index in [0.29, 0.717) is 90.9 Å². The van der Waals surface area contributed by atoms with Crippen molar-refractivity contribution < 1.29 is 24.0 Å². The number of nitrogens with one attached hydrogen (secondary N) is 3. The van der Waals surface area contributed by atoms with Gasteiger partial charge in [0, 0.05) is 43.1 Å². The van der Waals surface area contributed by atoms with E-state index in [1.807, 2.05) is 29.2 Å². The lowest BCUT2D eigenvalue weighted by Crippen LogP contribution is -2.52. The summed E-state index contributed by atoms with van der Waals surface area (Å²) in [6, 6.07) is 15.5. The zero-order valence-electron chi connectivity index (χ0n) is 32.7. The molecule has 4 fully saturated rings. The van der Waals surface area contributed by atoms with Gasteiger partial charge in [-0.25, -0.2) is 9.97 Å². The van der Waals surface area contributed by atoms with Crippen LogP contribution in [0.25, 0.3) is 11.3 Å². The summed E-state index contributed by atoms with van der Waals surface area (Å²) < 4.78 is 0. The fraction of sp³-hybridized carbons (Fsp3) is 0.409. The van der Waals surface area contributed by atoms with Crippen molar-refractivity contribution in [3.63, 3.8) is 0 Å². The first-order valence-electron chi connectivity index (χ1n) is 20.6. The molecule has 0 spiro atoms. The Bertz CT molecular complexity index is 2320. The minimum Gasteiger partial charge on any atom is -0.342 e. The highest BCUT2D eigenvalue weighted by molar-refractivity contribution is 6.32. The quantitative estimate of drug-likeness (QED) is 0.171. The lowest BCUT2D eigenvalue weighted by atomic mass is 9.88. The van der Waals surface area contributed by atoms with Crippen LogP contribution in [-0.4, -0.2) is 98.0 Å². The number of nitrogens with zero attached hydrogens (tertiary/aromatic N) is 6. The third kappa shape index (κ3) is 8.55. The molecule has 5 amide bonds. The summed E-state index contributed by atoms with van der Waals surface area (Å²) >= 11 is 6.52. The number of hydrogen-bond acceptors (Lipinski definition) is 10. The number of carbonyl (C=O) groups is 5. The van der Waals surface area contributed by atoms with Gasteiger partial charge in [-0.1, -0.05) is 41.9 Å². The Labute approximate surface area is 347 Å². The van der Waals surface area contributed by atoms with Gasteiger partial charge in [0.2, 0.25) is 29.6 Å². The van der Waals surface area contributed by atoms with Gasteiger partial charge in [-0.05, 0) is 105 Å². The molecular weight excluding hydrogens is 770 g/mol. The minimum atomic E-state index is -0.628. The molecule has 5 aliphatic rings. The van der Waals surface area contributed by atoms with E-state index in [2.05, 4.69) is 49.0 Å². The van der Waals surface area contributed by atoms with E-state index in [1.54, 1.807) is 29.6 Å². The molecule has 304 valence electrons. The second kappa shape index (κ2) is 16.5. The first-order chi connectivity index (χ1) is 28.6. The maximum atomic E-state index is 13.4. The molecule has 6 heterocycles. The maximum Gasteiger partial charge on any atom is 0.255 e. The zero-order chi connectivity index (χ0) is 40.6. The van der Waals surface area contributed by atoms with E-state index in [4.69, 9.17) is 16.6 Å². The van der Waals surface area contributed by atoms with E-state index in [9.17, 15) is 24.0 Å². The van der Waals surface area contributed by atoms with Crippen molar-refractivity contribution in [1.29, 1.82) is 0 Å². The average molecular weight is 816 g/mol. The van der Waals surface area contributed by atoms with Crippen LogP contribution in [0.4, 0.5) is 17.3 Å². The Morgan fingerprint density at radius 1 is 0.831 bits per heavy atom. The summed E-state index contributed by atoms with van der Waals surface area (Å²) in [6.07, 6.45) is 10.8. The van der Waals surface area contributed by atoms with E-state index < -0.39 is 11.9 Å². The molecule has 59 heavy (non-hydrogen) atoms. The molecule has 1 atom stereocenters. The van der Waals surface area contributed by atoms with E-state index >= 15 is 0 Å². The van der Waals surface area contributed by atoms with Crippen molar-refractivity contribution in [2.75, 3.05) is 43.4 Å². The highest BCUT2D eigenvalue weighted by Crippen LogP contribution is 2.41. The van der Waals surface area contributed by atoms with E-state index in [1.165, 1.54) is 24.0 Å². The Hall–Kier alpha value is -5.73. The molecule has 3 saturated heterocycles. The number of aromatic nitrogens is 3. The first-order valence-corrected chi connectivity index (χ1v) is 21.0. The summed E-state index contributed by atoms with van der Waals surface area (Å²) in [6.45, 7) is 3.33.